The zero-order valence-corrected chi connectivity index (χ0v) is 21.2. The van der Waals surface area contributed by atoms with Crippen LogP contribution in [0.4, 0.5) is 8.78 Å². The van der Waals surface area contributed by atoms with Crippen molar-refractivity contribution in [3.8, 4) is 5.75 Å². The fourth-order valence-corrected chi connectivity index (χ4v) is 5.02. The average Bonchev–Trinajstić information content (AvgIpc) is 2.88. The van der Waals surface area contributed by atoms with Crippen molar-refractivity contribution in [3.05, 3.63) is 65.7 Å². The molecule has 0 atom stereocenters. The van der Waals surface area contributed by atoms with Crippen LogP contribution in [-0.2, 0) is 17.8 Å². The topological polar surface area (TPSA) is 36.0 Å². The van der Waals surface area contributed by atoms with Crippen LogP contribution < -0.4 is 4.74 Å². The van der Waals surface area contributed by atoms with E-state index in [0.717, 1.165) is 24.3 Å². The Labute approximate surface area is 213 Å². The third-order valence-electron chi connectivity index (χ3n) is 7.19. The van der Waals surface area contributed by atoms with Crippen molar-refractivity contribution in [1.82, 2.24) is 14.7 Å². The third-order valence-corrected chi connectivity index (χ3v) is 7.19. The molecule has 0 spiro atoms. The van der Waals surface area contributed by atoms with E-state index >= 15 is 8.78 Å². The number of halogens is 3. The van der Waals surface area contributed by atoms with Crippen LogP contribution in [0.5, 0.6) is 5.75 Å². The number of para-hydroxylation sites is 1. The summed E-state index contributed by atoms with van der Waals surface area (Å²) < 4.78 is 35.7. The smallest absolute Gasteiger partial charge is 0.327 e. The lowest BCUT2D eigenvalue weighted by atomic mass is 9.89. The van der Waals surface area contributed by atoms with Gasteiger partial charge in [-0.2, -0.15) is 8.78 Å². The minimum absolute atomic E-state index is 0. The molecule has 4 rings (SSSR count). The molecule has 2 aliphatic rings. The van der Waals surface area contributed by atoms with E-state index in [0.29, 0.717) is 58.7 Å². The van der Waals surface area contributed by atoms with Crippen molar-refractivity contribution < 1.29 is 18.3 Å². The van der Waals surface area contributed by atoms with Gasteiger partial charge in [0.15, 0.2) is 0 Å². The molecule has 2 aliphatic heterocycles. The second kappa shape index (κ2) is 12.7. The van der Waals surface area contributed by atoms with Crippen LogP contribution in [0.25, 0.3) is 0 Å². The van der Waals surface area contributed by atoms with E-state index in [1.54, 1.807) is 7.11 Å². The summed E-state index contributed by atoms with van der Waals surface area (Å²) in [4.78, 5) is 18.6. The van der Waals surface area contributed by atoms with Crippen molar-refractivity contribution >= 4 is 18.3 Å². The molecule has 2 fully saturated rings. The number of methoxy groups -OCH3 is 1. The molecular weight excluding hydrogens is 472 g/mol. The number of ether oxygens (including phenoxy) is 1. The summed E-state index contributed by atoms with van der Waals surface area (Å²) in [6.07, 6.45) is 1.64. The number of amides is 1. The molecule has 35 heavy (non-hydrogen) atoms. The summed E-state index contributed by atoms with van der Waals surface area (Å²) in [5, 5.41) is 0. The van der Waals surface area contributed by atoms with Crippen LogP contribution in [0, 0.1) is 5.92 Å². The number of rotatable bonds is 8. The van der Waals surface area contributed by atoms with Gasteiger partial charge in [-0.25, -0.2) is 0 Å². The number of hydrogen-bond acceptors (Lipinski definition) is 4. The predicted molar refractivity (Wildman–Crippen MR) is 136 cm³/mol. The van der Waals surface area contributed by atoms with E-state index in [2.05, 4.69) is 21.9 Å². The van der Waals surface area contributed by atoms with E-state index in [9.17, 15) is 4.79 Å². The second-order valence-corrected chi connectivity index (χ2v) is 9.35. The summed E-state index contributed by atoms with van der Waals surface area (Å²) in [5.41, 5.74) is 2.32. The summed E-state index contributed by atoms with van der Waals surface area (Å²) in [5.74, 6) is -4.34. The standard InChI is InChI=1S/C27H35F2N3O2.ClH/c1-34-25-10-6-5-9-23(25)21-31-17-19-32(20-18-31)26(33)27(28,29)24-12-15-30(16-13-24)14-11-22-7-3-2-4-8-22;/h2-10,24H,11-21H2,1H3;1H. The second-order valence-electron chi connectivity index (χ2n) is 9.35. The Morgan fingerprint density at radius 3 is 2.20 bits per heavy atom. The van der Waals surface area contributed by atoms with Gasteiger partial charge in [-0.3, -0.25) is 9.69 Å². The number of likely N-dealkylation sites (tertiary alicyclic amines) is 1. The number of piperazine rings is 1. The largest absolute Gasteiger partial charge is 0.496 e. The van der Waals surface area contributed by atoms with Crippen molar-refractivity contribution in [2.45, 2.75) is 31.7 Å². The number of piperidine rings is 1. The minimum atomic E-state index is -3.30. The molecule has 0 saturated carbocycles. The lowest BCUT2D eigenvalue weighted by Crippen LogP contribution is -2.56. The Kier molecular flexibility index (Phi) is 9.89. The Hall–Kier alpha value is -2.22. The minimum Gasteiger partial charge on any atom is -0.496 e. The maximum absolute atomic E-state index is 15.2. The first-order valence-corrected chi connectivity index (χ1v) is 12.2. The number of hydrogen-bond donors (Lipinski definition) is 0. The highest BCUT2D eigenvalue weighted by Gasteiger charge is 2.50. The van der Waals surface area contributed by atoms with Crippen LogP contribution in [0.1, 0.15) is 24.0 Å². The number of benzene rings is 2. The molecular formula is C27H36ClF2N3O2. The SMILES string of the molecule is COc1ccccc1CN1CCN(C(=O)C(F)(F)C2CCN(CCc3ccccc3)CC2)CC1.Cl. The van der Waals surface area contributed by atoms with Gasteiger partial charge in [-0.15, -0.1) is 12.4 Å². The Balaban J connectivity index is 0.00000342. The third kappa shape index (κ3) is 6.93. The molecule has 0 bridgehead atoms. The van der Waals surface area contributed by atoms with Crippen LogP contribution in [-0.4, -0.2) is 79.5 Å². The number of carbonyl (C=O) groups is 1. The average molecular weight is 508 g/mol. The highest BCUT2D eigenvalue weighted by molar-refractivity contribution is 5.85. The van der Waals surface area contributed by atoms with E-state index in [4.69, 9.17) is 4.74 Å². The maximum atomic E-state index is 15.2. The van der Waals surface area contributed by atoms with Gasteiger partial charge < -0.3 is 14.5 Å². The van der Waals surface area contributed by atoms with Gasteiger partial charge in [0.1, 0.15) is 5.75 Å². The highest BCUT2D eigenvalue weighted by Crippen LogP contribution is 2.35. The molecule has 0 radical (unpaired) electrons. The first-order chi connectivity index (χ1) is 16.5. The van der Waals surface area contributed by atoms with Crippen molar-refractivity contribution in [2.24, 2.45) is 5.92 Å². The van der Waals surface area contributed by atoms with Gasteiger partial charge in [0.25, 0.3) is 5.91 Å². The zero-order chi connectivity index (χ0) is 24.0. The molecule has 5 nitrogen and oxygen atoms in total. The lowest BCUT2D eigenvalue weighted by molar-refractivity contribution is -0.170. The molecule has 0 aliphatic carbocycles. The fourth-order valence-electron chi connectivity index (χ4n) is 5.02. The molecule has 2 aromatic carbocycles. The predicted octanol–water partition coefficient (Wildman–Crippen LogP) is 4.35. The Bertz CT molecular complexity index is 931. The normalized spacial score (nSPS) is 18.2. The quantitative estimate of drug-likeness (QED) is 0.532. The van der Waals surface area contributed by atoms with Gasteiger partial charge in [0.05, 0.1) is 7.11 Å². The monoisotopic (exact) mass is 507 g/mol. The Morgan fingerprint density at radius 2 is 1.54 bits per heavy atom. The zero-order valence-electron chi connectivity index (χ0n) is 20.4. The maximum Gasteiger partial charge on any atom is 0.327 e. The van der Waals surface area contributed by atoms with Gasteiger partial charge in [0.2, 0.25) is 0 Å². The van der Waals surface area contributed by atoms with E-state index in [1.165, 1.54) is 10.5 Å². The van der Waals surface area contributed by atoms with E-state index < -0.39 is 17.7 Å². The molecule has 0 N–H and O–H groups in total. The molecule has 0 aromatic heterocycles. The fraction of sp³-hybridized carbons (Fsp3) is 0.519. The summed E-state index contributed by atoms with van der Waals surface area (Å²) in [7, 11) is 1.64. The first-order valence-electron chi connectivity index (χ1n) is 12.2. The van der Waals surface area contributed by atoms with Crippen LogP contribution >= 0.6 is 12.4 Å². The highest BCUT2D eigenvalue weighted by atomic mass is 35.5. The molecule has 2 aromatic rings. The van der Waals surface area contributed by atoms with E-state index in [-0.39, 0.29) is 12.4 Å². The Morgan fingerprint density at radius 1 is 0.914 bits per heavy atom. The van der Waals surface area contributed by atoms with Crippen LogP contribution in [0.15, 0.2) is 54.6 Å². The van der Waals surface area contributed by atoms with Gasteiger partial charge in [0, 0.05) is 50.7 Å². The summed E-state index contributed by atoms with van der Waals surface area (Å²) in [6, 6.07) is 18.0. The van der Waals surface area contributed by atoms with Crippen LogP contribution in [0.2, 0.25) is 0 Å². The van der Waals surface area contributed by atoms with Crippen molar-refractivity contribution in [1.29, 1.82) is 0 Å². The molecule has 8 heteroatoms. The summed E-state index contributed by atoms with van der Waals surface area (Å²) in [6.45, 7) is 4.61. The van der Waals surface area contributed by atoms with Gasteiger partial charge in [-0.1, -0.05) is 48.5 Å². The van der Waals surface area contributed by atoms with Gasteiger partial charge in [-0.05, 0) is 44.0 Å². The van der Waals surface area contributed by atoms with E-state index in [1.807, 2.05) is 42.5 Å². The van der Waals surface area contributed by atoms with Crippen LogP contribution in [0.3, 0.4) is 0 Å². The number of carbonyl (C=O) groups excluding carboxylic acids is 1. The molecule has 2 saturated heterocycles. The number of nitrogens with zero attached hydrogens (tertiary/aromatic N) is 3. The lowest BCUT2D eigenvalue weighted by Gasteiger charge is -2.40. The first kappa shape index (κ1) is 27.4. The summed E-state index contributed by atoms with van der Waals surface area (Å²) >= 11 is 0. The molecule has 0 unspecified atom stereocenters. The number of alkyl halides is 2. The van der Waals surface area contributed by atoms with Gasteiger partial charge >= 0.3 is 5.92 Å². The van der Waals surface area contributed by atoms with Crippen molar-refractivity contribution in [2.75, 3.05) is 52.9 Å². The molecule has 192 valence electrons. The molecule has 2 heterocycles. The van der Waals surface area contributed by atoms with Crippen molar-refractivity contribution in [3.63, 3.8) is 0 Å². The molecule has 1 amide bonds.